The highest BCUT2D eigenvalue weighted by atomic mass is 16.5. The van der Waals surface area contributed by atoms with Gasteiger partial charge in [-0.1, -0.05) is 0 Å². The summed E-state index contributed by atoms with van der Waals surface area (Å²) in [5, 5.41) is 0. The van der Waals surface area contributed by atoms with Gasteiger partial charge in [0, 0.05) is 5.57 Å². The first-order valence-electron chi connectivity index (χ1n) is 6.57. The standard InChI is InChI=1S/C15H17NO5/c1-4-19-15(18)13-12(10-6-5-7-20-10)11(8(2)17)9(3)21-14(13)16/h5-7,12H,4,16H2,1-3H3. The zero-order valence-corrected chi connectivity index (χ0v) is 12.1. The zero-order chi connectivity index (χ0) is 15.6. The van der Waals surface area contributed by atoms with Crippen LogP contribution < -0.4 is 5.73 Å². The van der Waals surface area contributed by atoms with Gasteiger partial charge in [-0.3, -0.25) is 4.79 Å². The van der Waals surface area contributed by atoms with Crippen molar-refractivity contribution in [3.63, 3.8) is 0 Å². The molecule has 0 bridgehead atoms. The summed E-state index contributed by atoms with van der Waals surface area (Å²) in [6, 6.07) is 3.36. The minimum atomic E-state index is -0.717. The van der Waals surface area contributed by atoms with Crippen LogP contribution in [0.3, 0.4) is 0 Å². The van der Waals surface area contributed by atoms with Crippen LogP contribution in [0.4, 0.5) is 0 Å². The van der Waals surface area contributed by atoms with Crippen molar-refractivity contribution in [2.45, 2.75) is 26.7 Å². The number of ether oxygens (including phenoxy) is 2. The van der Waals surface area contributed by atoms with Crippen LogP contribution >= 0.6 is 0 Å². The summed E-state index contributed by atoms with van der Waals surface area (Å²) in [5.74, 6) is -0.836. The first kappa shape index (κ1) is 14.9. The number of rotatable bonds is 4. The molecule has 0 aromatic carbocycles. The summed E-state index contributed by atoms with van der Waals surface area (Å²) < 4.78 is 15.7. The van der Waals surface area contributed by atoms with Crippen LogP contribution in [-0.2, 0) is 19.1 Å². The summed E-state index contributed by atoms with van der Waals surface area (Å²) in [6.45, 7) is 4.91. The van der Waals surface area contributed by atoms with E-state index in [4.69, 9.17) is 19.6 Å². The fourth-order valence-corrected chi connectivity index (χ4v) is 2.38. The predicted octanol–water partition coefficient (Wildman–Crippen LogP) is 1.99. The second kappa shape index (κ2) is 5.87. The van der Waals surface area contributed by atoms with Crippen molar-refractivity contribution >= 4 is 11.8 Å². The van der Waals surface area contributed by atoms with Crippen molar-refractivity contribution in [2.24, 2.45) is 5.73 Å². The molecule has 0 saturated heterocycles. The Morgan fingerprint density at radius 2 is 2.10 bits per heavy atom. The molecule has 0 aliphatic carbocycles. The van der Waals surface area contributed by atoms with Crippen molar-refractivity contribution < 1.29 is 23.5 Å². The van der Waals surface area contributed by atoms with Gasteiger partial charge in [-0.2, -0.15) is 0 Å². The number of carbonyl (C=O) groups is 2. The van der Waals surface area contributed by atoms with Crippen molar-refractivity contribution in [2.75, 3.05) is 6.61 Å². The van der Waals surface area contributed by atoms with E-state index < -0.39 is 11.9 Å². The molecule has 2 heterocycles. The van der Waals surface area contributed by atoms with Gasteiger partial charge >= 0.3 is 5.97 Å². The third-order valence-corrected chi connectivity index (χ3v) is 3.19. The molecular weight excluding hydrogens is 274 g/mol. The second-order valence-corrected chi connectivity index (χ2v) is 4.57. The van der Waals surface area contributed by atoms with Crippen LogP contribution in [0.1, 0.15) is 32.4 Å². The number of Topliss-reactive ketones (excluding diaryl/α,β-unsaturated/α-hetero) is 1. The van der Waals surface area contributed by atoms with Crippen molar-refractivity contribution in [3.05, 3.63) is 46.9 Å². The molecule has 112 valence electrons. The Bertz CT molecular complexity index is 624. The average molecular weight is 291 g/mol. The molecule has 1 atom stereocenters. The Labute approximate surface area is 122 Å². The maximum atomic E-state index is 12.2. The molecule has 1 aromatic heterocycles. The second-order valence-electron chi connectivity index (χ2n) is 4.57. The summed E-state index contributed by atoms with van der Waals surface area (Å²) in [6.07, 6.45) is 1.47. The van der Waals surface area contributed by atoms with Gasteiger partial charge in [0.15, 0.2) is 5.78 Å². The van der Waals surface area contributed by atoms with E-state index in [2.05, 4.69) is 0 Å². The first-order valence-corrected chi connectivity index (χ1v) is 6.57. The molecule has 21 heavy (non-hydrogen) atoms. The highest BCUT2D eigenvalue weighted by Crippen LogP contribution is 2.40. The van der Waals surface area contributed by atoms with Gasteiger partial charge in [-0.15, -0.1) is 0 Å². The number of esters is 1. The highest BCUT2D eigenvalue weighted by Gasteiger charge is 2.39. The fraction of sp³-hybridized carbons (Fsp3) is 0.333. The van der Waals surface area contributed by atoms with E-state index in [9.17, 15) is 9.59 Å². The number of carbonyl (C=O) groups excluding carboxylic acids is 2. The van der Waals surface area contributed by atoms with Gasteiger partial charge in [0.1, 0.15) is 17.1 Å². The summed E-state index contributed by atoms with van der Waals surface area (Å²) in [5.41, 5.74) is 6.25. The van der Waals surface area contributed by atoms with Crippen LogP contribution in [0.2, 0.25) is 0 Å². The lowest BCUT2D eigenvalue weighted by Gasteiger charge is -2.27. The number of furan rings is 1. The van der Waals surface area contributed by atoms with Crippen LogP contribution in [0.15, 0.2) is 45.6 Å². The van der Waals surface area contributed by atoms with E-state index in [1.807, 2.05) is 0 Å². The average Bonchev–Trinajstić information content (AvgIpc) is 2.90. The molecule has 6 heteroatoms. The summed E-state index contributed by atoms with van der Waals surface area (Å²) >= 11 is 0. The maximum Gasteiger partial charge on any atom is 0.340 e. The van der Waals surface area contributed by atoms with Crippen molar-refractivity contribution in [3.8, 4) is 0 Å². The van der Waals surface area contributed by atoms with E-state index in [1.54, 1.807) is 26.0 Å². The van der Waals surface area contributed by atoms with Gasteiger partial charge in [-0.25, -0.2) is 4.79 Å². The Morgan fingerprint density at radius 3 is 2.62 bits per heavy atom. The van der Waals surface area contributed by atoms with Crippen LogP contribution in [0.5, 0.6) is 0 Å². The predicted molar refractivity (Wildman–Crippen MR) is 73.8 cm³/mol. The number of hydrogen-bond donors (Lipinski definition) is 1. The molecule has 1 aromatic rings. The normalized spacial score (nSPS) is 18.5. The number of hydrogen-bond acceptors (Lipinski definition) is 6. The quantitative estimate of drug-likeness (QED) is 0.853. The topological polar surface area (TPSA) is 91.8 Å². The molecule has 1 aliphatic rings. The van der Waals surface area contributed by atoms with E-state index in [0.29, 0.717) is 17.1 Å². The zero-order valence-electron chi connectivity index (χ0n) is 12.1. The van der Waals surface area contributed by atoms with Crippen molar-refractivity contribution in [1.29, 1.82) is 0 Å². The molecule has 2 N–H and O–H groups in total. The Morgan fingerprint density at radius 1 is 1.38 bits per heavy atom. The third-order valence-electron chi connectivity index (χ3n) is 3.19. The lowest BCUT2D eigenvalue weighted by atomic mass is 9.84. The lowest BCUT2D eigenvalue weighted by molar-refractivity contribution is -0.139. The molecule has 0 radical (unpaired) electrons. The molecule has 1 aliphatic heterocycles. The van der Waals surface area contributed by atoms with Gasteiger partial charge in [0.05, 0.1) is 18.8 Å². The van der Waals surface area contributed by atoms with E-state index in [-0.39, 0.29) is 23.8 Å². The largest absolute Gasteiger partial charge is 0.468 e. The van der Waals surface area contributed by atoms with Crippen LogP contribution in [-0.4, -0.2) is 18.4 Å². The minimum absolute atomic E-state index is 0.0719. The number of ketones is 1. The summed E-state index contributed by atoms with van der Waals surface area (Å²) in [4.78, 5) is 24.1. The molecular formula is C15H17NO5. The first-order chi connectivity index (χ1) is 9.97. The molecule has 0 spiro atoms. The molecule has 1 unspecified atom stereocenters. The van der Waals surface area contributed by atoms with Crippen molar-refractivity contribution in [1.82, 2.24) is 0 Å². The van der Waals surface area contributed by atoms with Gasteiger partial charge in [0.2, 0.25) is 5.88 Å². The molecule has 0 amide bonds. The van der Waals surface area contributed by atoms with E-state index in [1.165, 1.54) is 13.2 Å². The Hall–Kier alpha value is -2.50. The van der Waals surface area contributed by atoms with Crippen LogP contribution in [0.25, 0.3) is 0 Å². The number of nitrogens with two attached hydrogens (primary N) is 1. The molecule has 0 saturated carbocycles. The molecule has 2 rings (SSSR count). The monoisotopic (exact) mass is 291 g/mol. The Balaban J connectivity index is 2.58. The Kier molecular flexibility index (Phi) is 4.16. The molecule has 0 fully saturated rings. The van der Waals surface area contributed by atoms with Gasteiger partial charge < -0.3 is 19.6 Å². The minimum Gasteiger partial charge on any atom is -0.468 e. The van der Waals surface area contributed by atoms with E-state index >= 15 is 0 Å². The highest BCUT2D eigenvalue weighted by molar-refractivity contribution is 6.01. The van der Waals surface area contributed by atoms with Gasteiger partial charge in [0.25, 0.3) is 0 Å². The maximum absolute atomic E-state index is 12.2. The fourth-order valence-electron chi connectivity index (χ4n) is 2.38. The SMILES string of the molecule is CCOC(=O)C1=C(N)OC(C)=C(C(C)=O)C1c1ccco1. The lowest BCUT2D eigenvalue weighted by Crippen LogP contribution is -2.28. The number of allylic oxidation sites excluding steroid dienone is 2. The smallest absolute Gasteiger partial charge is 0.340 e. The third kappa shape index (κ3) is 2.69. The molecule has 6 nitrogen and oxygen atoms in total. The van der Waals surface area contributed by atoms with Gasteiger partial charge in [-0.05, 0) is 32.9 Å². The van der Waals surface area contributed by atoms with Crippen LogP contribution in [0, 0.1) is 0 Å². The summed E-state index contributed by atoms with van der Waals surface area (Å²) in [7, 11) is 0. The van der Waals surface area contributed by atoms with E-state index in [0.717, 1.165) is 0 Å².